The number of nitrogens with one attached hydrogen (secondary N) is 1. The zero-order valence-electron chi connectivity index (χ0n) is 14.4. The minimum atomic E-state index is -0.852. The van der Waals surface area contributed by atoms with Gasteiger partial charge in [-0.2, -0.15) is 5.10 Å². The summed E-state index contributed by atoms with van der Waals surface area (Å²) < 4.78 is 1.98. The molecular weight excluding hydrogens is 294 g/mol. The summed E-state index contributed by atoms with van der Waals surface area (Å²) in [6, 6.07) is 0.276. The third kappa shape index (κ3) is 3.92. The number of carboxylic acid groups (broad SMARTS) is 1. The summed E-state index contributed by atoms with van der Waals surface area (Å²) in [5.41, 5.74) is 0.836. The predicted octanol–water partition coefficient (Wildman–Crippen LogP) is 2.96. The number of rotatable bonds is 8. The largest absolute Gasteiger partial charge is 0.481 e. The number of carbonyl (C=O) groups is 2. The van der Waals surface area contributed by atoms with Crippen molar-refractivity contribution in [2.45, 2.75) is 65.3 Å². The Morgan fingerprint density at radius 2 is 2.13 bits per heavy atom. The number of aromatic nitrogens is 2. The number of carbonyl (C=O) groups excluding carboxylic acids is 1. The molecule has 0 bridgehead atoms. The molecule has 1 fully saturated rings. The Morgan fingerprint density at radius 3 is 2.65 bits per heavy atom. The van der Waals surface area contributed by atoms with Crippen LogP contribution < -0.4 is 5.32 Å². The summed E-state index contributed by atoms with van der Waals surface area (Å²) in [5.74, 6) is -0.569. The fourth-order valence-electron chi connectivity index (χ4n) is 2.53. The van der Waals surface area contributed by atoms with Crippen molar-refractivity contribution in [2.75, 3.05) is 6.54 Å². The van der Waals surface area contributed by atoms with Gasteiger partial charge in [0.15, 0.2) is 0 Å². The summed E-state index contributed by atoms with van der Waals surface area (Å²) in [5, 5.41) is 16.4. The van der Waals surface area contributed by atoms with E-state index in [-0.39, 0.29) is 11.9 Å². The van der Waals surface area contributed by atoms with Crippen molar-refractivity contribution in [2.24, 2.45) is 5.41 Å². The van der Waals surface area contributed by atoms with Crippen LogP contribution in [0.25, 0.3) is 0 Å². The van der Waals surface area contributed by atoms with Gasteiger partial charge in [-0.05, 0) is 46.5 Å². The molecule has 1 aliphatic carbocycles. The first-order valence-electron chi connectivity index (χ1n) is 8.37. The molecule has 2 rings (SSSR count). The van der Waals surface area contributed by atoms with Crippen LogP contribution in [-0.4, -0.2) is 33.3 Å². The molecular formula is C17H27N3O3. The lowest BCUT2D eigenvalue weighted by molar-refractivity contribution is -0.147. The standard InChI is InChI=1S/C17H27N3O3/c1-5-11(2)20-14(12-6-7-12)13(10-19-20)15(21)18-9-8-17(3,4)16(22)23/h10-12H,5-9H2,1-4H3,(H,18,21)(H,22,23). The zero-order chi connectivity index (χ0) is 17.2. The lowest BCUT2D eigenvalue weighted by Crippen LogP contribution is -2.32. The van der Waals surface area contributed by atoms with Crippen molar-refractivity contribution in [3.8, 4) is 0 Å². The van der Waals surface area contributed by atoms with Crippen molar-refractivity contribution < 1.29 is 14.7 Å². The molecule has 1 saturated carbocycles. The van der Waals surface area contributed by atoms with Crippen molar-refractivity contribution in [3.63, 3.8) is 0 Å². The second kappa shape index (κ2) is 6.72. The molecule has 1 unspecified atom stereocenters. The molecule has 23 heavy (non-hydrogen) atoms. The average molecular weight is 321 g/mol. The second-order valence-corrected chi connectivity index (χ2v) is 7.11. The maximum atomic E-state index is 12.5. The number of amides is 1. The molecule has 0 saturated heterocycles. The molecule has 1 amide bonds. The van der Waals surface area contributed by atoms with Gasteiger partial charge in [-0.3, -0.25) is 14.3 Å². The summed E-state index contributed by atoms with van der Waals surface area (Å²) >= 11 is 0. The van der Waals surface area contributed by atoms with Gasteiger partial charge in [-0.1, -0.05) is 6.92 Å². The van der Waals surface area contributed by atoms with E-state index in [1.54, 1.807) is 20.0 Å². The fourth-order valence-corrected chi connectivity index (χ4v) is 2.53. The van der Waals surface area contributed by atoms with Gasteiger partial charge in [0, 0.05) is 18.5 Å². The van der Waals surface area contributed by atoms with E-state index in [9.17, 15) is 9.59 Å². The Morgan fingerprint density at radius 1 is 1.48 bits per heavy atom. The third-order valence-corrected chi connectivity index (χ3v) is 4.67. The van der Waals surface area contributed by atoms with Crippen LogP contribution in [0.2, 0.25) is 0 Å². The van der Waals surface area contributed by atoms with Crippen molar-refractivity contribution >= 4 is 11.9 Å². The van der Waals surface area contributed by atoms with Crippen LogP contribution in [0.15, 0.2) is 6.20 Å². The molecule has 128 valence electrons. The van der Waals surface area contributed by atoms with Gasteiger partial charge in [0.05, 0.1) is 22.9 Å². The third-order valence-electron chi connectivity index (χ3n) is 4.67. The van der Waals surface area contributed by atoms with Crippen LogP contribution >= 0.6 is 0 Å². The molecule has 6 heteroatoms. The Labute approximate surface area is 137 Å². The first-order valence-corrected chi connectivity index (χ1v) is 8.37. The van der Waals surface area contributed by atoms with Crippen LogP contribution in [0, 0.1) is 5.41 Å². The average Bonchev–Trinajstić information content (AvgIpc) is 3.24. The number of hydrogen-bond donors (Lipinski definition) is 2. The van der Waals surface area contributed by atoms with Crippen LogP contribution in [0.4, 0.5) is 0 Å². The Kier molecular flexibility index (Phi) is 5.12. The Balaban J connectivity index is 2.05. The predicted molar refractivity (Wildman–Crippen MR) is 87.6 cm³/mol. The molecule has 0 aliphatic heterocycles. The van der Waals surface area contributed by atoms with Gasteiger partial charge < -0.3 is 10.4 Å². The highest BCUT2D eigenvalue weighted by Crippen LogP contribution is 2.42. The molecule has 2 N–H and O–H groups in total. The van der Waals surface area contributed by atoms with Gasteiger partial charge in [0.1, 0.15) is 0 Å². The topological polar surface area (TPSA) is 84.2 Å². The lowest BCUT2D eigenvalue weighted by Gasteiger charge is -2.19. The highest BCUT2D eigenvalue weighted by atomic mass is 16.4. The quantitative estimate of drug-likeness (QED) is 0.771. The van der Waals surface area contributed by atoms with Gasteiger partial charge in [-0.15, -0.1) is 0 Å². The van der Waals surface area contributed by atoms with E-state index >= 15 is 0 Å². The highest BCUT2D eigenvalue weighted by molar-refractivity contribution is 5.95. The van der Waals surface area contributed by atoms with Crippen LogP contribution in [0.5, 0.6) is 0 Å². The van der Waals surface area contributed by atoms with Crippen molar-refractivity contribution in [1.29, 1.82) is 0 Å². The van der Waals surface area contributed by atoms with E-state index in [1.807, 2.05) is 4.68 Å². The zero-order valence-corrected chi connectivity index (χ0v) is 14.4. The van der Waals surface area contributed by atoms with Gasteiger partial charge in [-0.25, -0.2) is 0 Å². The van der Waals surface area contributed by atoms with Crippen LogP contribution in [0.1, 0.15) is 81.4 Å². The molecule has 0 spiro atoms. The van der Waals surface area contributed by atoms with E-state index in [0.717, 1.165) is 25.0 Å². The number of nitrogens with zero attached hydrogens (tertiary/aromatic N) is 2. The highest BCUT2D eigenvalue weighted by Gasteiger charge is 2.33. The van der Waals surface area contributed by atoms with Gasteiger partial charge >= 0.3 is 5.97 Å². The van der Waals surface area contributed by atoms with E-state index in [4.69, 9.17) is 5.11 Å². The molecule has 0 aromatic carbocycles. The second-order valence-electron chi connectivity index (χ2n) is 7.11. The summed E-state index contributed by atoms with van der Waals surface area (Å²) in [7, 11) is 0. The van der Waals surface area contributed by atoms with Crippen molar-refractivity contribution in [1.82, 2.24) is 15.1 Å². The molecule has 6 nitrogen and oxygen atoms in total. The normalized spacial score (nSPS) is 16.2. The van der Waals surface area contributed by atoms with Gasteiger partial charge in [0.25, 0.3) is 5.91 Å². The lowest BCUT2D eigenvalue weighted by atomic mass is 9.90. The minimum absolute atomic E-state index is 0.150. The van der Waals surface area contributed by atoms with E-state index in [0.29, 0.717) is 24.4 Å². The van der Waals surface area contributed by atoms with Crippen molar-refractivity contribution in [3.05, 3.63) is 17.5 Å². The smallest absolute Gasteiger partial charge is 0.309 e. The maximum absolute atomic E-state index is 12.5. The maximum Gasteiger partial charge on any atom is 0.309 e. The fraction of sp³-hybridized carbons (Fsp3) is 0.706. The van der Waals surface area contributed by atoms with Crippen LogP contribution in [0.3, 0.4) is 0 Å². The molecule has 1 aromatic rings. The molecule has 1 atom stereocenters. The monoisotopic (exact) mass is 321 g/mol. The van der Waals surface area contributed by atoms with E-state index in [2.05, 4.69) is 24.3 Å². The number of aliphatic carboxylic acids is 1. The molecule has 0 radical (unpaired) electrons. The Hall–Kier alpha value is -1.85. The summed E-state index contributed by atoms with van der Waals surface area (Å²) in [6.07, 6.45) is 5.22. The summed E-state index contributed by atoms with van der Waals surface area (Å²) in [6.45, 7) is 7.89. The van der Waals surface area contributed by atoms with Crippen LogP contribution in [-0.2, 0) is 4.79 Å². The SMILES string of the molecule is CCC(C)n1ncc(C(=O)NCCC(C)(C)C(=O)O)c1C1CC1. The first kappa shape index (κ1) is 17.5. The molecule has 1 aliphatic rings. The molecule has 1 aromatic heterocycles. The minimum Gasteiger partial charge on any atom is -0.481 e. The molecule has 1 heterocycles. The van der Waals surface area contributed by atoms with E-state index in [1.165, 1.54) is 0 Å². The number of hydrogen-bond acceptors (Lipinski definition) is 3. The first-order chi connectivity index (χ1) is 10.8. The Bertz CT molecular complexity index is 588. The number of carboxylic acids is 1. The van der Waals surface area contributed by atoms with Gasteiger partial charge in [0.2, 0.25) is 0 Å². The summed E-state index contributed by atoms with van der Waals surface area (Å²) in [4.78, 5) is 23.6. The van der Waals surface area contributed by atoms with E-state index < -0.39 is 11.4 Å².